The third kappa shape index (κ3) is 3.02. The van der Waals surface area contributed by atoms with Crippen molar-refractivity contribution in [2.75, 3.05) is 37.7 Å². The lowest BCUT2D eigenvalue weighted by atomic mass is 10.0. The zero-order valence-electron chi connectivity index (χ0n) is 15.9. The van der Waals surface area contributed by atoms with E-state index in [1.54, 1.807) is 53.4 Å². The molecule has 5 rings (SSSR count). The van der Waals surface area contributed by atoms with E-state index < -0.39 is 15.6 Å². The van der Waals surface area contributed by atoms with E-state index in [2.05, 4.69) is 0 Å². The Bertz CT molecular complexity index is 999. The number of carbonyl (C=O) groups excluding carboxylic acids is 1. The smallest absolute Gasteiger partial charge is 0.242 e. The summed E-state index contributed by atoms with van der Waals surface area (Å²) >= 11 is 0. The van der Waals surface area contributed by atoms with Gasteiger partial charge in [-0.15, -0.1) is 0 Å². The van der Waals surface area contributed by atoms with Gasteiger partial charge in [0, 0.05) is 25.9 Å². The number of hydrogen-bond acceptors (Lipinski definition) is 6. The molecular weight excluding hydrogens is 392 g/mol. The van der Waals surface area contributed by atoms with E-state index in [1.165, 1.54) is 0 Å². The number of ether oxygens (including phenoxy) is 2. The van der Waals surface area contributed by atoms with Crippen LogP contribution >= 0.6 is 0 Å². The first-order valence-electron chi connectivity index (χ1n) is 9.77. The number of sulfone groups is 1. The van der Waals surface area contributed by atoms with Gasteiger partial charge in [0.2, 0.25) is 15.7 Å². The Morgan fingerprint density at radius 2 is 1.41 bits per heavy atom. The molecule has 1 spiro atoms. The van der Waals surface area contributed by atoms with Crippen LogP contribution in [0.5, 0.6) is 0 Å². The minimum atomic E-state index is -3.61. The summed E-state index contributed by atoms with van der Waals surface area (Å²) in [6, 6.07) is 13.7. The monoisotopic (exact) mass is 414 g/mol. The van der Waals surface area contributed by atoms with Gasteiger partial charge in [0.15, 0.2) is 5.79 Å². The molecule has 2 fully saturated rings. The average molecular weight is 414 g/mol. The SMILES string of the molecule is O=C(CN1c2ccccc2S(=O)(=O)c2ccccc21)N1CCC2(CC1)OCCO2. The zero-order valence-corrected chi connectivity index (χ0v) is 16.7. The van der Waals surface area contributed by atoms with Crippen molar-refractivity contribution in [3.05, 3.63) is 48.5 Å². The first-order valence-corrected chi connectivity index (χ1v) is 11.2. The number of anilines is 2. The molecule has 29 heavy (non-hydrogen) atoms. The van der Waals surface area contributed by atoms with Crippen LogP contribution in [0.25, 0.3) is 0 Å². The predicted octanol–water partition coefficient (Wildman–Crippen LogP) is 2.34. The fraction of sp³-hybridized carbons (Fsp3) is 0.381. The van der Waals surface area contributed by atoms with Gasteiger partial charge in [0.05, 0.1) is 34.4 Å². The van der Waals surface area contributed by atoms with Crippen molar-refractivity contribution in [1.82, 2.24) is 4.90 Å². The van der Waals surface area contributed by atoms with Crippen molar-refractivity contribution < 1.29 is 22.7 Å². The third-order valence-corrected chi connectivity index (χ3v) is 7.72. The molecule has 0 N–H and O–H groups in total. The summed E-state index contributed by atoms with van der Waals surface area (Å²) < 4.78 is 37.5. The normalized spacial score (nSPS) is 21.7. The van der Waals surface area contributed by atoms with Crippen LogP contribution in [0.15, 0.2) is 58.3 Å². The molecule has 0 saturated carbocycles. The Kier molecular flexibility index (Phi) is 4.38. The summed E-state index contributed by atoms with van der Waals surface area (Å²) in [5, 5.41) is 0. The van der Waals surface area contributed by atoms with Crippen LogP contribution in [0, 0.1) is 0 Å². The highest BCUT2D eigenvalue weighted by molar-refractivity contribution is 7.92. The van der Waals surface area contributed by atoms with E-state index in [0.29, 0.717) is 50.5 Å². The maximum atomic E-state index is 13.1. The van der Waals surface area contributed by atoms with Crippen LogP contribution in [0.3, 0.4) is 0 Å². The van der Waals surface area contributed by atoms with Gasteiger partial charge in [-0.1, -0.05) is 24.3 Å². The molecule has 2 aromatic rings. The van der Waals surface area contributed by atoms with Gasteiger partial charge in [-0.05, 0) is 24.3 Å². The number of rotatable bonds is 2. The molecule has 0 unspecified atom stereocenters. The number of likely N-dealkylation sites (tertiary alicyclic amines) is 1. The third-order valence-electron chi connectivity index (χ3n) is 5.88. The molecule has 3 aliphatic heterocycles. The number of hydrogen-bond donors (Lipinski definition) is 0. The molecular formula is C21H22N2O5S. The average Bonchev–Trinajstić information content (AvgIpc) is 3.19. The highest BCUT2D eigenvalue weighted by Gasteiger charge is 2.41. The van der Waals surface area contributed by atoms with Crippen LogP contribution in [-0.4, -0.2) is 57.9 Å². The fourth-order valence-electron chi connectivity index (χ4n) is 4.35. The van der Waals surface area contributed by atoms with Crippen LogP contribution in [-0.2, 0) is 24.1 Å². The fourth-order valence-corrected chi connectivity index (χ4v) is 6.01. The lowest BCUT2D eigenvalue weighted by molar-refractivity contribution is -0.187. The molecule has 1 amide bonds. The number of nitrogens with zero attached hydrogens (tertiary/aromatic N) is 2. The summed E-state index contributed by atoms with van der Waals surface area (Å²) in [5.41, 5.74) is 1.07. The minimum Gasteiger partial charge on any atom is -0.347 e. The highest BCUT2D eigenvalue weighted by Crippen LogP contribution is 2.43. The Balaban J connectivity index is 1.42. The lowest BCUT2D eigenvalue weighted by Gasteiger charge is -2.39. The molecule has 0 aliphatic carbocycles. The maximum absolute atomic E-state index is 13.1. The number of amides is 1. The summed E-state index contributed by atoms with van der Waals surface area (Å²) in [6.45, 7) is 2.41. The van der Waals surface area contributed by atoms with Crippen molar-refractivity contribution in [3.8, 4) is 0 Å². The second-order valence-corrected chi connectivity index (χ2v) is 9.40. The van der Waals surface area contributed by atoms with E-state index in [9.17, 15) is 13.2 Å². The van der Waals surface area contributed by atoms with Crippen molar-refractivity contribution in [3.63, 3.8) is 0 Å². The van der Waals surface area contributed by atoms with Crippen molar-refractivity contribution in [2.24, 2.45) is 0 Å². The van der Waals surface area contributed by atoms with Crippen molar-refractivity contribution >= 4 is 27.1 Å². The Hall–Kier alpha value is -2.42. The Morgan fingerprint density at radius 1 is 0.897 bits per heavy atom. The van der Waals surface area contributed by atoms with Crippen LogP contribution < -0.4 is 4.90 Å². The van der Waals surface area contributed by atoms with E-state index in [4.69, 9.17) is 9.47 Å². The molecule has 0 aromatic heterocycles. The van der Waals surface area contributed by atoms with Gasteiger partial charge in [0.1, 0.15) is 6.54 Å². The second kappa shape index (κ2) is 6.83. The summed E-state index contributed by atoms with van der Waals surface area (Å²) in [5.74, 6) is -0.573. The number of piperidine rings is 1. The van der Waals surface area contributed by atoms with Crippen LogP contribution in [0.4, 0.5) is 11.4 Å². The van der Waals surface area contributed by atoms with Crippen molar-refractivity contribution in [2.45, 2.75) is 28.4 Å². The van der Waals surface area contributed by atoms with Gasteiger partial charge < -0.3 is 19.3 Å². The topological polar surface area (TPSA) is 76.2 Å². The molecule has 0 radical (unpaired) electrons. The zero-order chi connectivity index (χ0) is 20.1. The van der Waals surface area contributed by atoms with E-state index in [0.717, 1.165) is 0 Å². The quantitative estimate of drug-likeness (QED) is 0.751. The van der Waals surface area contributed by atoms with Gasteiger partial charge >= 0.3 is 0 Å². The first-order chi connectivity index (χ1) is 14.0. The number of carbonyl (C=O) groups is 1. The number of benzene rings is 2. The molecule has 7 nitrogen and oxygen atoms in total. The van der Waals surface area contributed by atoms with Gasteiger partial charge in [0.25, 0.3) is 0 Å². The van der Waals surface area contributed by atoms with Crippen LogP contribution in [0.2, 0.25) is 0 Å². The Labute approximate surface area is 169 Å². The molecule has 3 aliphatic rings. The molecule has 2 saturated heterocycles. The highest BCUT2D eigenvalue weighted by atomic mass is 32.2. The van der Waals surface area contributed by atoms with E-state index >= 15 is 0 Å². The van der Waals surface area contributed by atoms with Crippen molar-refractivity contribution in [1.29, 1.82) is 0 Å². The summed E-state index contributed by atoms with van der Waals surface area (Å²) in [4.78, 5) is 17.2. The molecule has 2 aromatic carbocycles. The van der Waals surface area contributed by atoms with Gasteiger partial charge in [-0.25, -0.2) is 8.42 Å². The lowest BCUT2D eigenvalue weighted by Crippen LogP contribution is -2.49. The number of para-hydroxylation sites is 2. The molecule has 152 valence electrons. The largest absolute Gasteiger partial charge is 0.347 e. The molecule has 8 heteroatoms. The summed E-state index contributed by atoms with van der Waals surface area (Å²) in [7, 11) is -3.61. The first kappa shape index (κ1) is 18.6. The predicted molar refractivity (Wildman–Crippen MR) is 106 cm³/mol. The van der Waals surface area contributed by atoms with Gasteiger partial charge in [-0.3, -0.25) is 4.79 Å². The Morgan fingerprint density at radius 3 is 1.97 bits per heavy atom. The van der Waals surface area contributed by atoms with E-state index in [1.807, 2.05) is 4.90 Å². The van der Waals surface area contributed by atoms with E-state index in [-0.39, 0.29) is 22.2 Å². The van der Waals surface area contributed by atoms with Crippen LogP contribution in [0.1, 0.15) is 12.8 Å². The molecule has 3 heterocycles. The summed E-state index contributed by atoms with van der Waals surface area (Å²) in [6.07, 6.45) is 1.31. The maximum Gasteiger partial charge on any atom is 0.242 e. The minimum absolute atomic E-state index is 0.0400. The number of fused-ring (bicyclic) bond motifs is 2. The van der Waals surface area contributed by atoms with Gasteiger partial charge in [-0.2, -0.15) is 0 Å². The molecule has 0 atom stereocenters. The molecule has 0 bridgehead atoms. The standard InChI is InChI=1S/C21H22N2O5S/c24-20(22-11-9-21(10-12-22)27-13-14-28-21)15-23-16-5-1-3-7-18(16)29(25,26)19-8-4-2-6-17(19)23/h1-8H,9-15H2. The second-order valence-electron chi connectivity index (χ2n) is 7.51.